The summed E-state index contributed by atoms with van der Waals surface area (Å²) in [6.45, 7) is 2.96. The topological polar surface area (TPSA) is 40.5 Å². The number of nitrogens with zero attached hydrogens (tertiary/aromatic N) is 1. The van der Waals surface area contributed by atoms with Gasteiger partial charge in [0, 0.05) is 10.7 Å². The first-order valence-electron chi connectivity index (χ1n) is 6.02. The molecule has 1 aliphatic heterocycles. The molecular formula is C13H14I3NO2. The van der Waals surface area contributed by atoms with Crippen molar-refractivity contribution in [2.24, 2.45) is 0 Å². The minimum atomic E-state index is -0.662. The van der Waals surface area contributed by atoms with Crippen LogP contribution in [0.5, 0.6) is 0 Å². The average molecular weight is 597 g/mol. The van der Waals surface area contributed by atoms with E-state index in [0.717, 1.165) is 29.1 Å². The number of carbonyl (C=O) groups is 1. The number of benzene rings is 1. The van der Waals surface area contributed by atoms with Crippen molar-refractivity contribution in [3.63, 3.8) is 0 Å². The van der Waals surface area contributed by atoms with Crippen molar-refractivity contribution < 1.29 is 9.90 Å². The van der Waals surface area contributed by atoms with Crippen LogP contribution in [0.1, 0.15) is 30.1 Å². The van der Waals surface area contributed by atoms with Crippen molar-refractivity contribution in [2.45, 2.75) is 25.4 Å². The Morgan fingerprint density at radius 3 is 2.58 bits per heavy atom. The SMILES string of the molecule is CCCC1(O)CN(C(=O)c2cc(I)cc(I)c2I)C1. The molecule has 0 spiro atoms. The second kappa shape index (κ2) is 6.30. The average Bonchev–Trinajstić information content (AvgIpc) is 2.30. The van der Waals surface area contributed by atoms with Gasteiger partial charge in [-0.15, -0.1) is 0 Å². The summed E-state index contributed by atoms with van der Waals surface area (Å²) in [5.74, 6) is 0.0293. The van der Waals surface area contributed by atoms with Gasteiger partial charge in [0.15, 0.2) is 0 Å². The van der Waals surface area contributed by atoms with Crippen LogP contribution < -0.4 is 0 Å². The highest BCUT2D eigenvalue weighted by atomic mass is 127. The predicted octanol–water partition coefficient (Wildman–Crippen LogP) is 3.49. The third-order valence-electron chi connectivity index (χ3n) is 3.20. The van der Waals surface area contributed by atoms with Gasteiger partial charge >= 0.3 is 0 Å². The quantitative estimate of drug-likeness (QED) is 0.429. The van der Waals surface area contributed by atoms with E-state index >= 15 is 0 Å². The zero-order valence-corrected chi connectivity index (χ0v) is 16.9. The summed E-state index contributed by atoms with van der Waals surface area (Å²) < 4.78 is 3.16. The van der Waals surface area contributed by atoms with Crippen LogP contribution in [0.15, 0.2) is 12.1 Å². The highest BCUT2D eigenvalue weighted by molar-refractivity contribution is 14.1. The molecule has 1 aromatic carbocycles. The Balaban J connectivity index is 2.15. The van der Waals surface area contributed by atoms with E-state index in [1.807, 2.05) is 13.0 Å². The van der Waals surface area contributed by atoms with Crippen molar-refractivity contribution in [1.82, 2.24) is 4.90 Å². The Kier molecular flexibility index (Phi) is 5.38. The standard InChI is InChI=1S/C13H14I3NO2/c1-2-3-13(19)6-17(7-13)12(18)9-4-8(14)5-10(15)11(9)16/h4-5,19H,2-3,6-7H2,1H3. The Labute approximate surface area is 153 Å². The molecule has 0 aromatic heterocycles. The largest absolute Gasteiger partial charge is 0.386 e. The van der Waals surface area contributed by atoms with Crippen molar-refractivity contribution in [3.8, 4) is 0 Å². The lowest BCUT2D eigenvalue weighted by molar-refractivity contribution is -0.0860. The third kappa shape index (κ3) is 3.54. The van der Waals surface area contributed by atoms with Crippen molar-refractivity contribution >= 4 is 73.7 Å². The van der Waals surface area contributed by atoms with E-state index in [9.17, 15) is 9.90 Å². The minimum Gasteiger partial charge on any atom is -0.386 e. The van der Waals surface area contributed by atoms with Crippen molar-refractivity contribution in [3.05, 3.63) is 28.4 Å². The van der Waals surface area contributed by atoms with E-state index in [4.69, 9.17) is 0 Å². The van der Waals surface area contributed by atoms with Gasteiger partial charge < -0.3 is 10.0 Å². The zero-order valence-electron chi connectivity index (χ0n) is 10.4. The first-order chi connectivity index (χ1) is 8.86. The molecule has 0 unspecified atom stereocenters. The number of hydrogen-bond donors (Lipinski definition) is 1. The molecule has 6 heteroatoms. The lowest BCUT2D eigenvalue weighted by atomic mass is 9.89. The van der Waals surface area contributed by atoms with Gasteiger partial charge in [-0.2, -0.15) is 0 Å². The molecule has 1 amide bonds. The van der Waals surface area contributed by atoms with Gasteiger partial charge in [0.1, 0.15) is 0 Å². The smallest absolute Gasteiger partial charge is 0.255 e. The summed E-state index contributed by atoms with van der Waals surface area (Å²) in [5.41, 5.74) is 0.0840. The van der Waals surface area contributed by atoms with Gasteiger partial charge in [0.25, 0.3) is 5.91 Å². The lowest BCUT2D eigenvalue weighted by Crippen LogP contribution is -2.63. The summed E-state index contributed by atoms with van der Waals surface area (Å²) in [6.07, 6.45) is 1.70. The Hall–Kier alpha value is 0.840. The van der Waals surface area contributed by atoms with Crippen LogP contribution in [0.3, 0.4) is 0 Å². The molecule has 3 nitrogen and oxygen atoms in total. The highest BCUT2D eigenvalue weighted by Gasteiger charge is 2.43. The number of β-amino-alcohol motifs (C(OH)–C–C–N with tert-alkyl or cyclic N) is 1. The molecule has 0 radical (unpaired) electrons. The fourth-order valence-electron chi connectivity index (χ4n) is 2.31. The maximum atomic E-state index is 12.4. The van der Waals surface area contributed by atoms with Crippen LogP contribution in [0.2, 0.25) is 0 Å². The fourth-order valence-corrected chi connectivity index (χ4v) is 4.70. The molecule has 1 fully saturated rings. The highest BCUT2D eigenvalue weighted by Crippen LogP contribution is 2.30. The van der Waals surface area contributed by atoms with Crippen LogP contribution in [0.4, 0.5) is 0 Å². The number of hydrogen-bond acceptors (Lipinski definition) is 2. The number of aliphatic hydroxyl groups is 1. The Morgan fingerprint density at radius 2 is 2.00 bits per heavy atom. The monoisotopic (exact) mass is 597 g/mol. The summed E-state index contributed by atoms with van der Waals surface area (Å²) in [6, 6.07) is 3.98. The van der Waals surface area contributed by atoms with Gasteiger partial charge in [0.05, 0.1) is 24.3 Å². The Bertz CT molecular complexity index is 513. The van der Waals surface area contributed by atoms with E-state index in [0.29, 0.717) is 13.1 Å². The molecule has 1 heterocycles. The van der Waals surface area contributed by atoms with E-state index in [2.05, 4.69) is 73.8 Å². The number of amides is 1. The number of rotatable bonds is 3. The molecule has 104 valence electrons. The summed E-state index contributed by atoms with van der Waals surface area (Å²) in [4.78, 5) is 14.2. The molecule has 19 heavy (non-hydrogen) atoms. The number of carbonyl (C=O) groups excluding carboxylic acids is 1. The first-order valence-corrected chi connectivity index (χ1v) is 9.26. The number of halogens is 3. The van der Waals surface area contributed by atoms with Crippen LogP contribution in [0.25, 0.3) is 0 Å². The summed E-state index contributed by atoms with van der Waals surface area (Å²) in [5, 5.41) is 10.2. The van der Waals surface area contributed by atoms with Crippen molar-refractivity contribution in [2.75, 3.05) is 13.1 Å². The minimum absolute atomic E-state index is 0.0293. The second-order valence-corrected chi connectivity index (χ2v) is 8.37. The molecule has 0 saturated carbocycles. The maximum absolute atomic E-state index is 12.4. The van der Waals surface area contributed by atoms with Crippen LogP contribution in [-0.2, 0) is 0 Å². The lowest BCUT2D eigenvalue weighted by Gasteiger charge is -2.46. The van der Waals surface area contributed by atoms with Crippen LogP contribution >= 0.6 is 67.8 Å². The number of likely N-dealkylation sites (tertiary alicyclic amines) is 1. The molecule has 0 bridgehead atoms. The molecule has 1 aromatic rings. The fraction of sp³-hybridized carbons (Fsp3) is 0.462. The molecule has 2 rings (SSSR count). The Morgan fingerprint density at radius 1 is 1.37 bits per heavy atom. The zero-order chi connectivity index (χ0) is 14.2. The predicted molar refractivity (Wildman–Crippen MR) is 100 cm³/mol. The van der Waals surface area contributed by atoms with E-state index in [1.165, 1.54) is 0 Å². The molecular weight excluding hydrogens is 583 g/mol. The molecule has 1 aliphatic rings. The van der Waals surface area contributed by atoms with Crippen LogP contribution in [0, 0.1) is 10.7 Å². The maximum Gasteiger partial charge on any atom is 0.255 e. The van der Waals surface area contributed by atoms with Crippen molar-refractivity contribution in [1.29, 1.82) is 0 Å². The molecule has 0 atom stereocenters. The van der Waals surface area contributed by atoms with E-state index in [-0.39, 0.29) is 5.91 Å². The summed E-state index contributed by atoms with van der Waals surface area (Å²) in [7, 11) is 0. The molecule has 1 N–H and O–H groups in total. The van der Waals surface area contributed by atoms with Gasteiger partial charge in [0.2, 0.25) is 0 Å². The summed E-state index contributed by atoms with van der Waals surface area (Å²) >= 11 is 6.69. The van der Waals surface area contributed by atoms with E-state index in [1.54, 1.807) is 4.90 Å². The second-order valence-electron chi connectivity index (χ2n) is 4.88. The van der Waals surface area contributed by atoms with Gasteiger partial charge in [-0.3, -0.25) is 4.79 Å². The molecule has 1 saturated heterocycles. The van der Waals surface area contributed by atoms with Gasteiger partial charge in [-0.25, -0.2) is 0 Å². The normalized spacial score (nSPS) is 17.2. The van der Waals surface area contributed by atoms with E-state index < -0.39 is 5.60 Å². The van der Waals surface area contributed by atoms with Gasteiger partial charge in [-0.05, 0) is 86.3 Å². The first kappa shape index (κ1) is 16.2. The van der Waals surface area contributed by atoms with Crippen LogP contribution in [-0.4, -0.2) is 34.6 Å². The molecule has 0 aliphatic carbocycles. The van der Waals surface area contributed by atoms with Gasteiger partial charge in [-0.1, -0.05) is 13.3 Å². The third-order valence-corrected chi connectivity index (χ3v) is 6.86.